The van der Waals surface area contributed by atoms with Crippen LogP contribution in [0.2, 0.25) is 0 Å². The van der Waals surface area contributed by atoms with Crippen LogP contribution in [0.5, 0.6) is 0 Å². The van der Waals surface area contributed by atoms with E-state index in [1.165, 1.54) is 0 Å². The smallest absolute Gasteiger partial charge is 0.250 e. The lowest BCUT2D eigenvalue weighted by atomic mass is 10.1. The highest BCUT2D eigenvalue weighted by Crippen LogP contribution is 2.04. The maximum atomic E-state index is 10.9. The van der Waals surface area contributed by atoms with E-state index in [1.54, 1.807) is 25.4 Å². The van der Waals surface area contributed by atoms with Crippen LogP contribution < -0.4 is 5.73 Å². The first-order valence-corrected chi connectivity index (χ1v) is 3.98. The van der Waals surface area contributed by atoms with Crippen LogP contribution >= 0.6 is 0 Å². The van der Waals surface area contributed by atoms with Gasteiger partial charge in [-0.1, -0.05) is 0 Å². The molecule has 1 aromatic rings. The summed E-state index contributed by atoms with van der Waals surface area (Å²) in [6.07, 6.45) is 2.24. The van der Waals surface area contributed by atoms with Crippen LogP contribution in [0.15, 0.2) is 18.3 Å². The van der Waals surface area contributed by atoms with Gasteiger partial charge in [0.05, 0.1) is 17.9 Å². The summed E-state index contributed by atoms with van der Waals surface area (Å²) in [5.41, 5.74) is 6.33. The number of methoxy groups -OCH3 is 1. The Morgan fingerprint density at radius 3 is 3.08 bits per heavy atom. The molecule has 4 nitrogen and oxygen atoms in total. The van der Waals surface area contributed by atoms with Crippen molar-refractivity contribution >= 4 is 5.91 Å². The molecule has 2 N–H and O–H groups in total. The van der Waals surface area contributed by atoms with Crippen LogP contribution in [-0.4, -0.2) is 24.6 Å². The topological polar surface area (TPSA) is 65.2 Å². The quantitative estimate of drug-likeness (QED) is 0.728. The summed E-state index contributed by atoms with van der Waals surface area (Å²) in [5, 5.41) is 0. The number of nitrogens with two attached hydrogens (primary N) is 1. The molecule has 0 aromatic carbocycles. The summed E-state index contributed by atoms with van der Waals surface area (Å²) in [4.78, 5) is 15.0. The van der Waals surface area contributed by atoms with Gasteiger partial charge in [0.1, 0.15) is 0 Å². The standard InChI is InChI=1S/C9H12N2O2/c1-13-6-4-8-7(9(10)12)3-2-5-11-8/h2-3,5H,4,6H2,1H3,(H2,10,12). The molecular weight excluding hydrogens is 168 g/mol. The number of aromatic nitrogens is 1. The van der Waals surface area contributed by atoms with Gasteiger partial charge in [-0.15, -0.1) is 0 Å². The third kappa shape index (κ3) is 2.52. The number of primary amides is 1. The van der Waals surface area contributed by atoms with Crippen molar-refractivity contribution in [3.8, 4) is 0 Å². The van der Waals surface area contributed by atoms with Gasteiger partial charge in [-0.05, 0) is 12.1 Å². The average molecular weight is 180 g/mol. The van der Waals surface area contributed by atoms with Gasteiger partial charge in [0.25, 0.3) is 5.91 Å². The molecule has 4 heteroatoms. The fourth-order valence-electron chi connectivity index (χ4n) is 1.06. The average Bonchev–Trinajstić information content (AvgIpc) is 2.15. The van der Waals surface area contributed by atoms with Gasteiger partial charge < -0.3 is 10.5 Å². The van der Waals surface area contributed by atoms with Gasteiger partial charge >= 0.3 is 0 Å². The van der Waals surface area contributed by atoms with Gasteiger partial charge in [0, 0.05) is 19.7 Å². The molecule has 0 aliphatic carbocycles. The van der Waals surface area contributed by atoms with E-state index < -0.39 is 5.91 Å². The van der Waals surface area contributed by atoms with Crippen molar-refractivity contribution in [3.63, 3.8) is 0 Å². The molecular formula is C9H12N2O2. The maximum absolute atomic E-state index is 10.9. The third-order valence-corrected chi connectivity index (χ3v) is 1.70. The zero-order chi connectivity index (χ0) is 9.68. The maximum Gasteiger partial charge on any atom is 0.250 e. The molecule has 0 bridgehead atoms. The van der Waals surface area contributed by atoms with E-state index in [0.717, 1.165) is 0 Å². The van der Waals surface area contributed by atoms with Gasteiger partial charge in [0.15, 0.2) is 0 Å². The lowest BCUT2D eigenvalue weighted by molar-refractivity contribution is 0.0998. The number of carbonyl (C=O) groups is 1. The molecule has 0 aliphatic rings. The third-order valence-electron chi connectivity index (χ3n) is 1.70. The molecule has 70 valence electrons. The molecule has 0 fully saturated rings. The largest absolute Gasteiger partial charge is 0.384 e. The molecule has 1 heterocycles. The Kier molecular flexibility index (Phi) is 3.40. The van der Waals surface area contributed by atoms with E-state index >= 15 is 0 Å². The molecule has 0 spiro atoms. The van der Waals surface area contributed by atoms with Gasteiger partial charge in [-0.25, -0.2) is 0 Å². The van der Waals surface area contributed by atoms with Crippen LogP contribution in [0.1, 0.15) is 16.1 Å². The number of nitrogens with zero attached hydrogens (tertiary/aromatic N) is 1. The minimum atomic E-state index is -0.445. The number of pyridine rings is 1. The second kappa shape index (κ2) is 4.57. The normalized spacial score (nSPS) is 9.92. The summed E-state index contributed by atoms with van der Waals surface area (Å²) in [7, 11) is 1.60. The molecule has 13 heavy (non-hydrogen) atoms. The van der Waals surface area contributed by atoms with E-state index in [-0.39, 0.29) is 0 Å². The SMILES string of the molecule is COCCc1ncccc1C(N)=O. The zero-order valence-electron chi connectivity index (χ0n) is 7.49. The van der Waals surface area contributed by atoms with Gasteiger partial charge in [-0.3, -0.25) is 9.78 Å². The Hall–Kier alpha value is -1.42. The zero-order valence-corrected chi connectivity index (χ0v) is 7.49. The van der Waals surface area contributed by atoms with Crippen LogP contribution in [0.3, 0.4) is 0 Å². The molecule has 0 atom stereocenters. The number of carbonyl (C=O) groups excluding carboxylic acids is 1. The summed E-state index contributed by atoms with van der Waals surface area (Å²) >= 11 is 0. The highest BCUT2D eigenvalue weighted by Gasteiger charge is 2.07. The lowest BCUT2D eigenvalue weighted by Crippen LogP contribution is -2.15. The number of ether oxygens (including phenoxy) is 1. The predicted molar refractivity (Wildman–Crippen MR) is 48.3 cm³/mol. The summed E-state index contributed by atoms with van der Waals surface area (Å²) in [5.74, 6) is -0.445. The Morgan fingerprint density at radius 2 is 2.46 bits per heavy atom. The fourth-order valence-corrected chi connectivity index (χ4v) is 1.06. The van der Waals surface area contributed by atoms with Crippen molar-refractivity contribution < 1.29 is 9.53 Å². The fraction of sp³-hybridized carbons (Fsp3) is 0.333. The van der Waals surface area contributed by atoms with E-state index in [9.17, 15) is 4.79 Å². The van der Waals surface area contributed by atoms with E-state index in [1.807, 2.05) is 0 Å². The highest BCUT2D eigenvalue weighted by atomic mass is 16.5. The van der Waals surface area contributed by atoms with Crippen LogP contribution in [0.4, 0.5) is 0 Å². The summed E-state index contributed by atoms with van der Waals surface area (Å²) in [6.45, 7) is 0.539. The van der Waals surface area contributed by atoms with Crippen molar-refractivity contribution in [1.82, 2.24) is 4.98 Å². The molecule has 1 rings (SSSR count). The Balaban J connectivity index is 2.84. The first-order chi connectivity index (χ1) is 6.25. The van der Waals surface area contributed by atoms with E-state index in [0.29, 0.717) is 24.3 Å². The second-order valence-electron chi connectivity index (χ2n) is 2.60. The molecule has 0 saturated heterocycles. The molecule has 0 saturated carbocycles. The summed E-state index contributed by atoms with van der Waals surface area (Å²) in [6, 6.07) is 3.36. The number of rotatable bonds is 4. The molecule has 0 radical (unpaired) electrons. The number of hydrogen-bond acceptors (Lipinski definition) is 3. The highest BCUT2D eigenvalue weighted by molar-refractivity contribution is 5.93. The lowest BCUT2D eigenvalue weighted by Gasteiger charge is -2.03. The van der Waals surface area contributed by atoms with Crippen molar-refractivity contribution in [2.75, 3.05) is 13.7 Å². The first-order valence-electron chi connectivity index (χ1n) is 3.98. The second-order valence-corrected chi connectivity index (χ2v) is 2.60. The molecule has 0 unspecified atom stereocenters. The van der Waals surface area contributed by atoms with Crippen molar-refractivity contribution in [2.24, 2.45) is 5.73 Å². The van der Waals surface area contributed by atoms with Crippen LogP contribution in [0, 0.1) is 0 Å². The van der Waals surface area contributed by atoms with E-state index in [2.05, 4.69) is 4.98 Å². The van der Waals surface area contributed by atoms with Gasteiger partial charge in [-0.2, -0.15) is 0 Å². The number of amides is 1. The predicted octanol–water partition coefficient (Wildman–Crippen LogP) is 0.369. The van der Waals surface area contributed by atoms with Crippen LogP contribution in [0.25, 0.3) is 0 Å². The monoisotopic (exact) mass is 180 g/mol. The molecule has 0 aliphatic heterocycles. The molecule has 1 aromatic heterocycles. The first kappa shape index (κ1) is 9.67. The summed E-state index contributed by atoms with van der Waals surface area (Å²) < 4.78 is 4.89. The Bertz CT molecular complexity index is 299. The van der Waals surface area contributed by atoms with Crippen molar-refractivity contribution in [3.05, 3.63) is 29.6 Å². The van der Waals surface area contributed by atoms with E-state index in [4.69, 9.17) is 10.5 Å². The van der Waals surface area contributed by atoms with Crippen molar-refractivity contribution in [2.45, 2.75) is 6.42 Å². The number of hydrogen-bond donors (Lipinski definition) is 1. The Morgan fingerprint density at radius 1 is 1.69 bits per heavy atom. The molecule has 1 amide bonds. The minimum Gasteiger partial charge on any atom is -0.384 e. The van der Waals surface area contributed by atoms with Crippen LogP contribution in [-0.2, 0) is 11.2 Å². The van der Waals surface area contributed by atoms with Gasteiger partial charge in [0.2, 0.25) is 0 Å². The van der Waals surface area contributed by atoms with Crippen molar-refractivity contribution in [1.29, 1.82) is 0 Å². The minimum absolute atomic E-state index is 0.445. The Labute approximate surface area is 76.7 Å².